The number of ether oxygens (including phenoxy) is 1. The fourth-order valence-electron chi connectivity index (χ4n) is 2.10. The van der Waals surface area contributed by atoms with E-state index in [1.54, 1.807) is 4.90 Å². The number of carbonyl (C=O) groups excluding carboxylic acids is 1. The molecule has 1 aliphatic rings. The third-order valence-corrected chi connectivity index (χ3v) is 3.01. The minimum atomic E-state index is -0.884. The third kappa shape index (κ3) is 3.19. The molecule has 0 radical (unpaired) electrons. The molecule has 1 amide bonds. The molecule has 98 valence electrons. The number of hydrogen-bond donors (Lipinski definition) is 1. The van der Waals surface area contributed by atoms with Crippen molar-refractivity contribution >= 4 is 11.9 Å². The number of rotatable bonds is 5. The molecular weight excluding hydrogens is 222 g/mol. The van der Waals surface area contributed by atoms with Gasteiger partial charge in [0.05, 0.1) is 19.3 Å². The van der Waals surface area contributed by atoms with Crippen LogP contribution in [0.2, 0.25) is 0 Å². The molecule has 0 aromatic rings. The van der Waals surface area contributed by atoms with Gasteiger partial charge in [0.2, 0.25) is 5.91 Å². The Morgan fingerprint density at radius 3 is 2.53 bits per heavy atom. The summed E-state index contributed by atoms with van der Waals surface area (Å²) in [4.78, 5) is 24.8. The van der Waals surface area contributed by atoms with E-state index in [2.05, 4.69) is 0 Å². The second kappa shape index (κ2) is 6.00. The summed E-state index contributed by atoms with van der Waals surface area (Å²) in [6, 6.07) is -0.317. The van der Waals surface area contributed by atoms with Gasteiger partial charge in [-0.25, -0.2) is 0 Å². The van der Waals surface area contributed by atoms with Crippen LogP contribution in [0.3, 0.4) is 0 Å². The van der Waals surface area contributed by atoms with Crippen molar-refractivity contribution < 1.29 is 19.4 Å². The zero-order chi connectivity index (χ0) is 13.0. The van der Waals surface area contributed by atoms with Crippen molar-refractivity contribution in [1.82, 2.24) is 4.90 Å². The molecule has 17 heavy (non-hydrogen) atoms. The van der Waals surface area contributed by atoms with E-state index < -0.39 is 11.9 Å². The van der Waals surface area contributed by atoms with Crippen LogP contribution in [0, 0.1) is 11.8 Å². The van der Waals surface area contributed by atoms with Gasteiger partial charge in [-0.2, -0.15) is 0 Å². The molecule has 0 aliphatic carbocycles. The van der Waals surface area contributed by atoms with E-state index in [9.17, 15) is 9.59 Å². The average Bonchev–Trinajstić information content (AvgIpc) is 2.73. The largest absolute Gasteiger partial charge is 0.481 e. The van der Waals surface area contributed by atoms with Crippen molar-refractivity contribution in [2.45, 2.75) is 33.2 Å². The topological polar surface area (TPSA) is 66.8 Å². The van der Waals surface area contributed by atoms with E-state index >= 15 is 0 Å². The monoisotopic (exact) mass is 243 g/mol. The van der Waals surface area contributed by atoms with Crippen LogP contribution in [-0.2, 0) is 14.3 Å². The van der Waals surface area contributed by atoms with Crippen molar-refractivity contribution in [2.24, 2.45) is 11.8 Å². The highest BCUT2D eigenvalue weighted by Crippen LogP contribution is 2.22. The van der Waals surface area contributed by atoms with Gasteiger partial charge in [0.15, 0.2) is 0 Å². The molecule has 5 heteroatoms. The number of carboxylic acids is 1. The van der Waals surface area contributed by atoms with Gasteiger partial charge < -0.3 is 14.7 Å². The van der Waals surface area contributed by atoms with Crippen LogP contribution in [0.1, 0.15) is 27.2 Å². The van der Waals surface area contributed by atoms with Crippen molar-refractivity contribution in [3.63, 3.8) is 0 Å². The molecule has 1 saturated heterocycles. The van der Waals surface area contributed by atoms with Gasteiger partial charge in [0.1, 0.15) is 5.92 Å². The summed E-state index contributed by atoms with van der Waals surface area (Å²) in [6.45, 7) is 6.76. The first-order valence-electron chi connectivity index (χ1n) is 6.10. The maximum Gasteiger partial charge on any atom is 0.311 e. The highest BCUT2D eigenvalue weighted by molar-refractivity contribution is 5.80. The van der Waals surface area contributed by atoms with E-state index in [4.69, 9.17) is 9.84 Å². The van der Waals surface area contributed by atoms with Crippen molar-refractivity contribution in [3.8, 4) is 0 Å². The Morgan fingerprint density at radius 2 is 2.06 bits per heavy atom. The second-order valence-electron chi connectivity index (χ2n) is 4.74. The molecule has 0 aromatic heterocycles. The van der Waals surface area contributed by atoms with Crippen molar-refractivity contribution in [2.75, 3.05) is 19.8 Å². The molecule has 2 unspecified atom stereocenters. The summed E-state index contributed by atoms with van der Waals surface area (Å²) in [5.74, 6) is -1.58. The third-order valence-electron chi connectivity index (χ3n) is 3.01. The molecule has 1 rings (SSSR count). The number of carboxylic acid groups (broad SMARTS) is 1. The molecule has 1 aliphatic heterocycles. The molecule has 0 bridgehead atoms. The predicted octanol–water partition coefficient (Wildman–Crippen LogP) is 0.981. The fourth-order valence-corrected chi connectivity index (χ4v) is 2.10. The van der Waals surface area contributed by atoms with E-state index in [1.807, 2.05) is 20.8 Å². The molecular formula is C12H21NO4. The quantitative estimate of drug-likeness (QED) is 0.781. The highest BCUT2D eigenvalue weighted by atomic mass is 16.5. The zero-order valence-electron chi connectivity index (χ0n) is 10.7. The highest BCUT2D eigenvalue weighted by Gasteiger charge is 2.40. The smallest absolute Gasteiger partial charge is 0.311 e. The first kappa shape index (κ1) is 14.0. The lowest BCUT2D eigenvalue weighted by atomic mass is 10.0. The number of amides is 1. The predicted molar refractivity (Wildman–Crippen MR) is 62.6 cm³/mol. The Kier molecular flexibility index (Phi) is 4.93. The summed E-state index contributed by atoms with van der Waals surface area (Å²) >= 11 is 0. The minimum absolute atomic E-state index is 0.00796. The Balaban J connectivity index is 2.82. The normalized spacial score (nSPS) is 24.0. The molecule has 2 atom stereocenters. The molecule has 0 saturated carbocycles. The summed E-state index contributed by atoms with van der Waals surface area (Å²) in [6.07, 6.45) is 0.821. The summed E-state index contributed by atoms with van der Waals surface area (Å²) in [7, 11) is 0. The summed E-state index contributed by atoms with van der Waals surface area (Å²) in [5.41, 5.74) is 0. The van der Waals surface area contributed by atoms with Crippen LogP contribution in [0.25, 0.3) is 0 Å². The lowest BCUT2D eigenvalue weighted by molar-refractivity contribution is -0.146. The van der Waals surface area contributed by atoms with E-state index in [-0.39, 0.29) is 24.5 Å². The van der Waals surface area contributed by atoms with Gasteiger partial charge in [-0.05, 0) is 6.42 Å². The van der Waals surface area contributed by atoms with Crippen LogP contribution in [0.5, 0.6) is 0 Å². The van der Waals surface area contributed by atoms with Crippen LogP contribution >= 0.6 is 0 Å². The number of nitrogens with zero attached hydrogens (tertiary/aromatic N) is 1. The summed E-state index contributed by atoms with van der Waals surface area (Å²) in [5, 5.41) is 9.10. The Labute approximate surface area is 102 Å². The minimum Gasteiger partial charge on any atom is -0.481 e. The van der Waals surface area contributed by atoms with Crippen molar-refractivity contribution in [3.05, 3.63) is 0 Å². The lowest BCUT2D eigenvalue weighted by Gasteiger charge is -2.31. The maximum atomic E-state index is 12.1. The van der Waals surface area contributed by atoms with Gasteiger partial charge in [-0.3, -0.25) is 9.59 Å². The van der Waals surface area contributed by atoms with Crippen molar-refractivity contribution in [1.29, 1.82) is 0 Å². The van der Waals surface area contributed by atoms with Gasteiger partial charge in [-0.1, -0.05) is 20.8 Å². The molecule has 5 nitrogen and oxygen atoms in total. The molecule has 1 N–H and O–H groups in total. The lowest BCUT2D eigenvalue weighted by Crippen LogP contribution is -2.48. The molecule has 0 spiro atoms. The van der Waals surface area contributed by atoms with Gasteiger partial charge >= 0.3 is 5.97 Å². The number of aliphatic carboxylic acids is 1. The molecule has 1 fully saturated rings. The van der Waals surface area contributed by atoms with Crippen LogP contribution in [0.4, 0.5) is 0 Å². The van der Waals surface area contributed by atoms with E-state index in [1.165, 1.54) is 0 Å². The second-order valence-corrected chi connectivity index (χ2v) is 4.74. The van der Waals surface area contributed by atoms with Crippen LogP contribution < -0.4 is 0 Å². The number of carbonyl (C=O) groups is 2. The Hall–Kier alpha value is -1.10. The average molecular weight is 243 g/mol. The molecule has 1 heterocycles. The SMILES string of the molecule is CCCN(C(=O)C(C)C)C1COCC1C(=O)O. The Bertz CT molecular complexity index is 290. The Morgan fingerprint density at radius 1 is 1.41 bits per heavy atom. The van der Waals surface area contributed by atoms with E-state index in [0.29, 0.717) is 13.2 Å². The first-order chi connectivity index (χ1) is 7.99. The fraction of sp³-hybridized carbons (Fsp3) is 0.833. The first-order valence-corrected chi connectivity index (χ1v) is 6.10. The standard InChI is InChI=1S/C12H21NO4/c1-4-5-13(11(14)8(2)3)10-7-17-6-9(10)12(15)16/h8-10H,4-7H2,1-3H3,(H,15,16). The van der Waals surface area contributed by atoms with Crippen LogP contribution in [-0.4, -0.2) is 47.7 Å². The summed E-state index contributed by atoms with van der Waals surface area (Å²) < 4.78 is 5.21. The maximum absolute atomic E-state index is 12.1. The van der Waals surface area contributed by atoms with Gasteiger partial charge in [0.25, 0.3) is 0 Å². The zero-order valence-corrected chi connectivity index (χ0v) is 10.7. The van der Waals surface area contributed by atoms with Gasteiger partial charge in [0, 0.05) is 12.5 Å². The number of hydrogen-bond acceptors (Lipinski definition) is 3. The van der Waals surface area contributed by atoms with E-state index in [0.717, 1.165) is 6.42 Å². The van der Waals surface area contributed by atoms with Gasteiger partial charge in [-0.15, -0.1) is 0 Å². The molecule has 0 aromatic carbocycles. The van der Waals surface area contributed by atoms with Crippen LogP contribution in [0.15, 0.2) is 0 Å².